The Balaban J connectivity index is 1.35. The number of hydrogen-bond donors (Lipinski definition) is 0. The van der Waals surface area contributed by atoms with Gasteiger partial charge < -0.3 is 13.6 Å². The SMILES string of the molecule is O=C(OCC(=O)N1N=C(c2ccc(Cl)cc2)C[C@H]1c1ccco1)c1cc2ccccc2oc1=O. The molecular weight excluding hydrogens is 460 g/mol. The maximum atomic E-state index is 13.0. The van der Waals surface area contributed by atoms with Gasteiger partial charge in [-0.2, -0.15) is 5.10 Å². The first-order valence-corrected chi connectivity index (χ1v) is 10.8. The fraction of sp³-hybridized carbons (Fsp3) is 0.120. The first kappa shape index (κ1) is 21.7. The van der Waals surface area contributed by atoms with Crippen LogP contribution < -0.4 is 5.63 Å². The van der Waals surface area contributed by atoms with Crippen molar-refractivity contribution in [1.29, 1.82) is 0 Å². The van der Waals surface area contributed by atoms with Gasteiger partial charge in [0.05, 0.1) is 12.0 Å². The Morgan fingerprint density at radius 2 is 1.88 bits per heavy atom. The van der Waals surface area contributed by atoms with Crippen LogP contribution in [0.2, 0.25) is 5.02 Å². The minimum Gasteiger partial charge on any atom is -0.467 e. The summed E-state index contributed by atoms with van der Waals surface area (Å²) in [6, 6.07) is 18.2. The lowest BCUT2D eigenvalue weighted by atomic mass is 10.0. The molecule has 0 bridgehead atoms. The molecule has 4 aromatic rings. The van der Waals surface area contributed by atoms with Gasteiger partial charge in [0.25, 0.3) is 5.91 Å². The Morgan fingerprint density at radius 1 is 1.09 bits per heavy atom. The normalized spacial score (nSPS) is 15.4. The molecule has 8 nitrogen and oxygen atoms in total. The first-order valence-electron chi connectivity index (χ1n) is 10.4. The van der Waals surface area contributed by atoms with Gasteiger partial charge in [-0.3, -0.25) is 4.79 Å². The number of hydrazone groups is 1. The summed E-state index contributed by atoms with van der Waals surface area (Å²) in [6.45, 7) is -0.611. The highest BCUT2D eigenvalue weighted by Crippen LogP contribution is 2.33. The number of carbonyl (C=O) groups is 2. The number of carbonyl (C=O) groups excluding carboxylic acids is 2. The molecule has 2 aromatic heterocycles. The van der Waals surface area contributed by atoms with Crippen molar-refractivity contribution in [2.75, 3.05) is 6.61 Å². The van der Waals surface area contributed by atoms with Crippen molar-refractivity contribution in [2.24, 2.45) is 5.10 Å². The van der Waals surface area contributed by atoms with Crippen molar-refractivity contribution >= 4 is 40.2 Å². The number of fused-ring (bicyclic) bond motifs is 1. The monoisotopic (exact) mass is 476 g/mol. The lowest BCUT2D eigenvalue weighted by Crippen LogP contribution is -2.31. The zero-order chi connectivity index (χ0) is 23.7. The molecule has 170 valence electrons. The smallest absolute Gasteiger partial charge is 0.351 e. The molecule has 0 N–H and O–H groups in total. The Kier molecular flexibility index (Phi) is 5.73. The summed E-state index contributed by atoms with van der Waals surface area (Å²) in [5.41, 5.74) is 0.687. The number of ether oxygens (including phenoxy) is 1. The predicted molar refractivity (Wildman–Crippen MR) is 124 cm³/mol. The van der Waals surface area contributed by atoms with Gasteiger partial charge in [-0.15, -0.1) is 0 Å². The fourth-order valence-electron chi connectivity index (χ4n) is 3.74. The maximum absolute atomic E-state index is 13.0. The van der Waals surface area contributed by atoms with Crippen LogP contribution in [0.4, 0.5) is 0 Å². The highest BCUT2D eigenvalue weighted by atomic mass is 35.5. The number of nitrogens with zero attached hydrogens (tertiary/aromatic N) is 2. The summed E-state index contributed by atoms with van der Waals surface area (Å²) < 4.78 is 15.8. The lowest BCUT2D eigenvalue weighted by molar-refractivity contribution is -0.136. The van der Waals surface area contributed by atoms with Crippen molar-refractivity contribution in [3.8, 4) is 0 Å². The number of furan rings is 1. The Labute approximate surface area is 198 Å². The van der Waals surface area contributed by atoms with Crippen molar-refractivity contribution in [2.45, 2.75) is 12.5 Å². The van der Waals surface area contributed by atoms with E-state index in [4.69, 9.17) is 25.2 Å². The molecule has 0 fully saturated rings. The Bertz CT molecular complexity index is 1460. The van der Waals surface area contributed by atoms with Crippen LogP contribution >= 0.6 is 11.6 Å². The van der Waals surface area contributed by atoms with E-state index in [9.17, 15) is 14.4 Å². The molecule has 1 aliphatic heterocycles. The summed E-state index contributed by atoms with van der Waals surface area (Å²) in [5, 5.41) is 6.85. The number of hydrogen-bond acceptors (Lipinski definition) is 7. The van der Waals surface area contributed by atoms with Gasteiger partial charge in [-0.25, -0.2) is 14.6 Å². The number of amides is 1. The molecule has 0 spiro atoms. The van der Waals surface area contributed by atoms with Gasteiger partial charge in [0.15, 0.2) is 6.61 Å². The van der Waals surface area contributed by atoms with E-state index >= 15 is 0 Å². The van der Waals surface area contributed by atoms with Gasteiger partial charge in [0, 0.05) is 16.8 Å². The zero-order valence-corrected chi connectivity index (χ0v) is 18.4. The predicted octanol–water partition coefficient (Wildman–Crippen LogP) is 4.57. The average molecular weight is 477 g/mol. The highest BCUT2D eigenvalue weighted by molar-refractivity contribution is 6.30. The van der Waals surface area contributed by atoms with Crippen LogP contribution in [0.25, 0.3) is 11.0 Å². The molecule has 0 saturated heterocycles. The number of benzene rings is 2. The summed E-state index contributed by atoms with van der Waals surface area (Å²) in [5.74, 6) is -0.977. The third-order valence-electron chi connectivity index (χ3n) is 5.40. The molecule has 34 heavy (non-hydrogen) atoms. The molecule has 1 atom stereocenters. The first-order chi connectivity index (χ1) is 16.5. The van der Waals surface area contributed by atoms with E-state index in [1.54, 1.807) is 48.5 Å². The summed E-state index contributed by atoms with van der Waals surface area (Å²) in [4.78, 5) is 37.7. The van der Waals surface area contributed by atoms with E-state index in [1.807, 2.05) is 12.1 Å². The molecule has 0 aliphatic carbocycles. The van der Waals surface area contributed by atoms with Crippen LogP contribution in [0.15, 0.2) is 91.7 Å². The summed E-state index contributed by atoms with van der Waals surface area (Å²) >= 11 is 5.98. The van der Waals surface area contributed by atoms with Crippen LogP contribution in [-0.2, 0) is 9.53 Å². The van der Waals surface area contributed by atoms with E-state index in [2.05, 4.69) is 5.10 Å². The topological polar surface area (TPSA) is 102 Å². The standard InChI is InChI=1S/C25H17ClN2O6/c26-17-9-7-15(8-10-17)19-13-20(22-6-3-11-32-22)28(27-19)23(29)14-33-24(30)18-12-16-4-1-2-5-21(16)34-25(18)31/h1-12,20H,13-14H2/t20-/m0/s1. The molecule has 9 heteroatoms. The second-order valence-corrected chi connectivity index (χ2v) is 8.03. The van der Waals surface area contributed by atoms with Crippen molar-refractivity contribution < 1.29 is 23.2 Å². The van der Waals surface area contributed by atoms with Crippen LogP contribution in [0.3, 0.4) is 0 Å². The summed E-state index contributed by atoms with van der Waals surface area (Å²) in [6.07, 6.45) is 1.92. The molecule has 0 unspecified atom stereocenters. The van der Waals surface area contributed by atoms with Crippen LogP contribution in [0.1, 0.15) is 34.1 Å². The second-order valence-electron chi connectivity index (χ2n) is 7.59. The molecule has 0 radical (unpaired) electrons. The minimum atomic E-state index is -0.955. The molecule has 0 saturated carbocycles. The fourth-order valence-corrected chi connectivity index (χ4v) is 3.86. The number of halogens is 1. The molecule has 3 heterocycles. The lowest BCUT2D eigenvalue weighted by Gasteiger charge is -2.19. The number of rotatable bonds is 5. The van der Waals surface area contributed by atoms with E-state index in [1.165, 1.54) is 17.3 Å². The number of esters is 1. The van der Waals surface area contributed by atoms with Gasteiger partial charge in [0.1, 0.15) is 22.9 Å². The van der Waals surface area contributed by atoms with E-state index < -0.39 is 30.2 Å². The van der Waals surface area contributed by atoms with Gasteiger partial charge in [0.2, 0.25) is 0 Å². The molecule has 5 rings (SSSR count). The van der Waals surface area contributed by atoms with Gasteiger partial charge >= 0.3 is 11.6 Å². The minimum absolute atomic E-state index is 0.291. The molecule has 1 aliphatic rings. The van der Waals surface area contributed by atoms with Crippen LogP contribution in [0.5, 0.6) is 0 Å². The third kappa shape index (κ3) is 4.23. The van der Waals surface area contributed by atoms with E-state index in [0.29, 0.717) is 33.9 Å². The number of para-hydroxylation sites is 1. The van der Waals surface area contributed by atoms with E-state index in [0.717, 1.165) is 5.56 Å². The van der Waals surface area contributed by atoms with Crippen LogP contribution in [-0.4, -0.2) is 29.2 Å². The summed E-state index contributed by atoms with van der Waals surface area (Å²) in [7, 11) is 0. The van der Waals surface area contributed by atoms with E-state index in [-0.39, 0.29) is 5.56 Å². The molecule has 1 amide bonds. The van der Waals surface area contributed by atoms with Gasteiger partial charge in [-0.1, -0.05) is 41.9 Å². The van der Waals surface area contributed by atoms with Gasteiger partial charge in [-0.05, 0) is 42.0 Å². The zero-order valence-electron chi connectivity index (χ0n) is 17.6. The van der Waals surface area contributed by atoms with Crippen molar-refractivity contribution in [1.82, 2.24) is 5.01 Å². The molecule has 2 aromatic carbocycles. The third-order valence-corrected chi connectivity index (χ3v) is 5.65. The highest BCUT2D eigenvalue weighted by Gasteiger charge is 2.35. The Morgan fingerprint density at radius 3 is 2.65 bits per heavy atom. The van der Waals surface area contributed by atoms with Crippen molar-refractivity contribution in [3.05, 3.63) is 105 Å². The average Bonchev–Trinajstić information content (AvgIpc) is 3.52. The Hall–Kier alpha value is -4.17. The maximum Gasteiger partial charge on any atom is 0.351 e. The molecular formula is C25H17ClN2O6. The second kappa shape index (κ2) is 8.99. The van der Waals surface area contributed by atoms with Crippen LogP contribution in [0, 0.1) is 0 Å². The largest absolute Gasteiger partial charge is 0.467 e. The quantitative estimate of drug-likeness (QED) is 0.309. The van der Waals surface area contributed by atoms with Crippen molar-refractivity contribution in [3.63, 3.8) is 0 Å².